The number of fused-ring (bicyclic) bond motifs is 1. The molecule has 0 unspecified atom stereocenters. The van der Waals surface area contributed by atoms with Gasteiger partial charge in [-0.1, -0.05) is 19.8 Å². The van der Waals surface area contributed by atoms with Crippen molar-refractivity contribution in [2.24, 2.45) is 0 Å². The summed E-state index contributed by atoms with van der Waals surface area (Å²) in [5.74, 6) is 1.85. The average molecular weight is 367 g/mol. The summed E-state index contributed by atoms with van der Waals surface area (Å²) in [6, 6.07) is 0. The second-order valence-electron chi connectivity index (χ2n) is 6.88. The molecule has 0 aliphatic rings. The van der Waals surface area contributed by atoms with Crippen LogP contribution in [0, 0.1) is 13.8 Å². The minimum atomic E-state index is -2.85. The lowest BCUT2D eigenvalue weighted by Crippen LogP contribution is -2.06. The van der Waals surface area contributed by atoms with Gasteiger partial charge in [0.2, 0.25) is 0 Å². The Hall–Kier alpha value is -1.63. The van der Waals surface area contributed by atoms with Crippen molar-refractivity contribution in [2.75, 3.05) is 17.7 Å². The molecule has 140 valence electrons. The normalized spacial score (nSPS) is 12.2. The molecule has 0 atom stereocenters. The molecule has 2 aromatic heterocycles. The molecule has 2 heterocycles. The SMILES string of the molecule is CCCc1nc2c(N)nc(C)c(C)c2n1CCCCCCS(C)(=O)=O. The molecular formula is C18H30N4O2S. The quantitative estimate of drug-likeness (QED) is 0.688. The molecule has 7 heteroatoms. The van der Waals surface area contributed by atoms with Gasteiger partial charge in [0.05, 0.1) is 5.52 Å². The first-order valence-corrected chi connectivity index (χ1v) is 11.1. The zero-order valence-corrected chi connectivity index (χ0v) is 16.6. The first-order chi connectivity index (χ1) is 11.7. The maximum atomic E-state index is 11.2. The Labute approximate surface area is 150 Å². The number of aryl methyl sites for hydroxylation is 4. The molecule has 0 amide bonds. The summed E-state index contributed by atoms with van der Waals surface area (Å²) in [4.78, 5) is 9.15. The standard InChI is InChI=1S/C18H30N4O2S/c1-5-10-15-21-16-17(13(2)14(3)20-18(16)19)22(15)11-8-6-7-9-12-25(4,23)24/h5-12H2,1-4H3,(H2,19,20). The van der Waals surface area contributed by atoms with E-state index in [0.717, 1.165) is 73.2 Å². The van der Waals surface area contributed by atoms with E-state index in [2.05, 4.69) is 23.4 Å². The number of unbranched alkanes of at least 4 members (excludes halogenated alkanes) is 3. The third-order valence-corrected chi connectivity index (χ3v) is 5.63. The molecule has 0 radical (unpaired) electrons. The van der Waals surface area contributed by atoms with Crippen LogP contribution in [0.25, 0.3) is 11.0 Å². The fourth-order valence-corrected chi connectivity index (χ4v) is 3.92. The number of imidazole rings is 1. The van der Waals surface area contributed by atoms with Gasteiger partial charge in [-0.3, -0.25) is 0 Å². The summed E-state index contributed by atoms with van der Waals surface area (Å²) >= 11 is 0. The molecule has 25 heavy (non-hydrogen) atoms. The highest BCUT2D eigenvalue weighted by Gasteiger charge is 2.16. The van der Waals surface area contributed by atoms with Gasteiger partial charge < -0.3 is 10.3 Å². The van der Waals surface area contributed by atoms with Gasteiger partial charge in [-0.25, -0.2) is 18.4 Å². The van der Waals surface area contributed by atoms with Crippen molar-refractivity contribution in [1.29, 1.82) is 0 Å². The van der Waals surface area contributed by atoms with Crippen molar-refractivity contribution in [3.05, 3.63) is 17.1 Å². The number of nitrogens with two attached hydrogens (primary N) is 1. The van der Waals surface area contributed by atoms with Crippen molar-refractivity contribution < 1.29 is 8.42 Å². The Morgan fingerprint density at radius 2 is 1.76 bits per heavy atom. The molecule has 2 N–H and O–H groups in total. The van der Waals surface area contributed by atoms with Gasteiger partial charge in [0.25, 0.3) is 0 Å². The molecule has 0 aliphatic carbocycles. The number of rotatable bonds is 9. The van der Waals surface area contributed by atoms with Gasteiger partial charge >= 0.3 is 0 Å². The lowest BCUT2D eigenvalue weighted by molar-refractivity contribution is 0.565. The lowest BCUT2D eigenvalue weighted by atomic mass is 10.1. The van der Waals surface area contributed by atoms with E-state index in [-0.39, 0.29) is 5.75 Å². The third kappa shape index (κ3) is 4.93. The van der Waals surface area contributed by atoms with Crippen LogP contribution >= 0.6 is 0 Å². The van der Waals surface area contributed by atoms with Crippen LogP contribution in [0.4, 0.5) is 5.82 Å². The first kappa shape index (κ1) is 19.7. The van der Waals surface area contributed by atoms with Gasteiger partial charge in [0.1, 0.15) is 21.2 Å². The van der Waals surface area contributed by atoms with Crippen molar-refractivity contribution in [1.82, 2.24) is 14.5 Å². The van der Waals surface area contributed by atoms with Gasteiger partial charge in [0, 0.05) is 30.7 Å². The van der Waals surface area contributed by atoms with E-state index in [1.807, 2.05) is 6.92 Å². The van der Waals surface area contributed by atoms with E-state index in [4.69, 9.17) is 10.7 Å². The zero-order chi connectivity index (χ0) is 18.6. The molecule has 0 spiro atoms. The van der Waals surface area contributed by atoms with E-state index < -0.39 is 9.84 Å². The van der Waals surface area contributed by atoms with Crippen molar-refractivity contribution in [2.45, 2.75) is 65.8 Å². The summed E-state index contributed by atoms with van der Waals surface area (Å²) in [6.45, 7) is 7.08. The molecule has 6 nitrogen and oxygen atoms in total. The zero-order valence-electron chi connectivity index (χ0n) is 15.8. The maximum Gasteiger partial charge on any atom is 0.151 e. The minimum absolute atomic E-state index is 0.280. The second-order valence-corrected chi connectivity index (χ2v) is 9.14. The van der Waals surface area contributed by atoms with Gasteiger partial charge in [-0.2, -0.15) is 0 Å². The number of sulfone groups is 1. The summed E-state index contributed by atoms with van der Waals surface area (Å²) in [6.07, 6.45) is 6.94. The molecule has 2 aromatic rings. The molecular weight excluding hydrogens is 336 g/mol. The van der Waals surface area contributed by atoms with Crippen LogP contribution in [-0.2, 0) is 22.8 Å². The van der Waals surface area contributed by atoms with Crippen LogP contribution in [0.1, 0.15) is 56.1 Å². The van der Waals surface area contributed by atoms with Crippen LogP contribution < -0.4 is 5.73 Å². The van der Waals surface area contributed by atoms with Crippen molar-refractivity contribution in [3.63, 3.8) is 0 Å². The predicted octanol–water partition coefficient (Wildman–Crippen LogP) is 3.19. The number of anilines is 1. The van der Waals surface area contributed by atoms with Gasteiger partial charge in [-0.05, 0) is 38.7 Å². The van der Waals surface area contributed by atoms with Gasteiger partial charge in [0.15, 0.2) is 5.82 Å². The molecule has 2 rings (SSSR count). The second kappa shape index (κ2) is 8.17. The Morgan fingerprint density at radius 1 is 1.08 bits per heavy atom. The summed E-state index contributed by atoms with van der Waals surface area (Å²) in [5.41, 5.74) is 10.1. The number of aromatic nitrogens is 3. The highest BCUT2D eigenvalue weighted by Crippen LogP contribution is 2.27. The fraction of sp³-hybridized carbons (Fsp3) is 0.667. The molecule has 0 aromatic carbocycles. The number of pyridine rings is 1. The first-order valence-electron chi connectivity index (χ1n) is 9.04. The van der Waals surface area contributed by atoms with Crippen molar-refractivity contribution >= 4 is 26.7 Å². The summed E-state index contributed by atoms with van der Waals surface area (Å²) in [5, 5.41) is 0. The van der Waals surface area contributed by atoms with Crippen LogP contribution in [0.15, 0.2) is 0 Å². The highest BCUT2D eigenvalue weighted by molar-refractivity contribution is 7.90. The number of nitrogens with zero attached hydrogens (tertiary/aromatic N) is 3. The topological polar surface area (TPSA) is 90.9 Å². The Balaban J connectivity index is 2.14. The Bertz CT molecular complexity index is 841. The average Bonchev–Trinajstić information content (AvgIpc) is 2.87. The van der Waals surface area contributed by atoms with Crippen LogP contribution in [0.2, 0.25) is 0 Å². The number of nitrogen functional groups attached to an aromatic ring is 1. The van der Waals surface area contributed by atoms with Crippen LogP contribution in [-0.4, -0.2) is 35.0 Å². The smallest absolute Gasteiger partial charge is 0.151 e. The van der Waals surface area contributed by atoms with Crippen LogP contribution in [0.3, 0.4) is 0 Å². The third-order valence-electron chi connectivity index (χ3n) is 4.60. The van der Waals surface area contributed by atoms with Gasteiger partial charge in [-0.15, -0.1) is 0 Å². The Kier molecular flexibility index (Phi) is 6.43. The lowest BCUT2D eigenvalue weighted by Gasteiger charge is -2.11. The summed E-state index contributed by atoms with van der Waals surface area (Å²) < 4.78 is 24.7. The van der Waals surface area contributed by atoms with E-state index in [9.17, 15) is 8.42 Å². The monoisotopic (exact) mass is 366 g/mol. The highest BCUT2D eigenvalue weighted by atomic mass is 32.2. The van der Waals surface area contributed by atoms with Crippen LogP contribution in [0.5, 0.6) is 0 Å². The van der Waals surface area contributed by atoms with Crippen molar-refractivity contribution in [3.8, 4) is 0 Å². The maximum absolute atomic E-state index is 11.2. The number of hydrogen-bond donors (Lipinski definition) is 1. The van der Waals surface area contributed by atoms with E-state index in [0.29, 0.717) is 5.82 Å². The molecule has 0 aliphatic heterocycles. The minimum Gasteiger partial charge on any atom is -0.382 e. The molecule has 0 fully saturated rings. The number of hydrogen-bond acceptors (Lipinski definition) is 5. The van der Waals surface area contributed by atoms with E-state index in [1.54, 1.807) is 0 Å². The molecule has 0 saturated carbocycles. The predicted molar refractivity (Wildman–Crippen MR) is 104 cm³/mol. The summed E-state index contributed by atoms with van der Waals surface area (Å²) in [7, 11) is -2.85. The fourth-order valence-electron chi connectivity index (χ4n) is 3.19. The molecule has 0 bridgehead atoms. The molecule has 0 saturated heterocycles. The van der Waals surface area contributed by atoms with E-state index in [1.165, 1.54) is 6.26 Å². The van der Waals surface area contributed by atoms with E-state index >= 15 is 0 Å². The largest absolute Gasteiger partial charge is 0.382 e. The Morgan fingerprint density at radius 3 is 2.40 bits per heavy atom.